The van der Waals surface area contributed by atoms with E-state index in [1.54, 1.807) is 24.3 Å². The van der Waals surface area contributed by atoms with E-state index in [2.05, 4.69) is 0 Å². The molecule has 0 aromatic heterocycles. The van der Waals surface area contributed by atoms with Gasteiger partial charge in [0.25, 0.3) is 0 Å². The normalized spacial score (nSPS) is 12.2. The monoisotopic (exact) mass is 283 g/mol. The van der Waals surface area contributed by atoms with Crippen molar-refractivity contribution in [2.75, 3.05) is 0 Å². The number of carboxylic acids is 1. The second-order valence-electron chi connectivity index (χ2n) is 4.24. The topological polar surface area (TPSA) is 113 Å². The Labute approximate surface area is 123 Å². The summed E-state index contributed by atoms with van der Waals surface area (Å²) in [7, 11) is 0. The molecule has 5 heteroatoms. The van der Waals surface area contributed by atoms with Crippen molar-refractivity contribution < 1.29 is 9.90 Å². The molecule has 2 rings (SSSR count). The Bertz CT molecular complexity index is 594. The van der Waals surface area contributed by atoms with Gasteiger partial charge in [0.2, 0.25) is 0 Å². The lowest BCUT2D eigenvalue weighted by Crippen LogP contribution is -2.20. The lowest BCUT2D eigenvalue weighted by Gasteiger charge is -2.04. The molecule has 0 spiro atoms. The highest BCUT2D eigenvalue weighted by Gasteiger charge is 2.12. The van der Waals surface area contributed by atoms with Crippen LogP contribution < -0.4 is 11.5 Å². The van der Waals surface area contributed by atoms with Crippen LogP contribution in [0.5, 0.6) is 0 Å². The van der Waals surface area contributed by atoms with Crippen LogP contribution in [0.15, 0.2) is 60.7 Å². The highest BCUT2D eigenvalue weighted by Crippen LogP contribution is 2.08. The smallest absolute Gasteiger partial charge is 0.325 e. The summed E-state index contributed by atoms with van der Waals surface area (Å²) in [6.07, 6.45) is 0. The Morgan fingerprint density at radius 3 is 1.76 bits per heavy atom. The molecular weight excluding hydrogens is 266 g/mol. The van der Waals surface area contributed by atoms with Gasteiger partial charge >= 0.3 is 5.97 Å². The van der Waals surface area contributed by atoms with Crippen LogP contribution in [0.2, 0.25) is 0 Å². The molecule has 0 heterocycles. The summed E-state index contributed by atoms with van der Waals surface area (Å²) in [4.78, 5) is 10.4. The van der Waals surface area contributed by atoms with Crippen molar-refractivity contribution in [2.24, 2.45) is 11.5 Å². The molecule has 0 amide bonds. The lowest BCUT2D eigenvalue weighted by atomic mass is 10.1. The third-order valence-electron chi connectivity index (χ3n) is 2.72. The van der Waals surface area contributed by atoms with E-state index >= 15 is 0 Å². The van der Waals surface area contributed by atoms with Gasteiger partial charge in [-0.3, -0.25) is 4.79 Å². The van der Waals surface area contributed by atoms with E-state index in [-0.39, 0.29) is 0 Å². The predicted octanol–water partition coefficient (Wildman–Crippen LogP) is 1.98. The van der Waals surface area contributed by atoms with Crippen molar-refractivity contribution in [3.8, 4) is 6.07 Å². The second kappa shape index (κ2) is 8.48. The van der Waals surface area contributed by atoms with Crippen LogP contribution >= 0.6 is 0 Å². The highest BCUT2D eigenvalue weighted by molar-refractivity contribution is 5.75. The number of nitrogens with zero attached hydrogens (tertiary/aromatic N) is 1. The van der Waals surface area contributed by atoms with Gasteiger partial charge in [-0.25, -0.2) is 0 Å². The Hall–Kier alpha value is -2.68. The van der Waals surface area contributed by atoms with Gasteiger partial charge in [0.15, 0.2) is 0 Å². The molecule has 0 bridgehead atoms. The first-order chi connectivity index (χ1) is 10.1. The van der Waals surface area contributed by atoms with Crippen LogP contribution in [0.1, 0.15) is 23.2 Å². The largest absolute Gasteiger partial charge is 0.480 e. The maximum atomic E-state index is 10.4. The zero-order chi connectivity index (χ0) is 15.7. The first kappa shape index (κ1) is 16.4. The molecule has 2 atom stereocenters. The minimum atomic E-state index is -1.00. The summed E-state index contributed by atoms with van der Waals surface area (Å²) in [5.74, 6) is -1.00. The van der Waals surface area contributed by atoms with E-state index in [4.69, 9.17) is 21.8 Å². The average molecular weight is 283 g/mol. The summed E-state index contributed by atoms with van der Waals surface area (Å²) < 4.78 is 0. The molecule has 0 aliphatic heterocycles. The molecule has 108 valence electrons. The maximum absolute atomic E-state index is 10.4. The number of aliphatic carboxylic acids is 1. The minimum absolute atomic E-state index is 0.485. The van der Waals surface area contributed by atoms with Gasteiger partial charge in [-0.15, -0.1) is 0 Å². The molecule has 2 aromatic carbocycles. The maximum Gasteiger partial charge on any atom is 0.325 e. The molecule has 5 N–H and O–H groups in total. The standard InChI is InChI=1S/C8H8N2.C8H9NO2/c9-6-8(10)7-4-2-1-3-5-7;9-7(8(10)11)6-4-2-1-3-5-6/h1-5,8H,10H2;1-5,7H,9H2,(H,10,11)/t;7-/m.1/s1. The average Bonchev–Trinajstić information content (AvgIpc) is 2.55. The van der Waals surface area contributed by atoms with E-state index < -0.39 is 18.1 Å². The van der Waals surface area contributed by atoms with Crippen LogP contribution in [0.3, 0.4) is 0 Å². The molecule has 0 radical (unpaired) electrons. The number of carbonyl (C=O) groups is 1. The van der Waals surface area contributed by atoms with Crippen LogP contribution in [-0.4, -0.2) is 11.1 Å². The fourth-order valence-electron chi connectivity index (χ4n) is 1.54. The van der Waals surface area contributed by atoms with Crippen LogP contribution in [0.4, 0.5) is 0 Å². The Kier molecular flexibility index (Phi) is 6.61. The summed E-state index contributed by atoms with van der Waals surface area (Å²) >= 11 is 0. The molecule has 1 unspecified atom stereocenters. The molecule has 0 saturated carbocycles. The molecule has 21 heavy (non-hydrogen) atoms. The number of hydrogen-bond donors (Lipinski definition) is 3. The summed E-state index contributed by atoms with van der Waals surface area (Å²) in [6.45, 7) is 0. The second-order valence-corrected chi connectivity index (χ2v) is 4.24. The number of benzene rings is 2. The van der Waals surface area contributed by atoms with Gasteiger partial charge < -0.3 is 16.6 Å². The fourth-order valence-corrected chi connectivity index (χ4v) is 1.54. The van der Waals surface area contributed by atoms with Gasteiger partial charge in [-0.05, 0) is 11.1 Å². The highest BCUT2D eigenvalue weighted by atomic mass is 16.4. The first-order valence-electron chi connectivity index (χ1n) is 6.29. The van der Waals surface area contributed by atoms with Gasteiger partial charge in [0.1, 0.15) is 12.1 Å². The van der Waals surface area contributed by atoms with Crippen LogP contribution in [0.25, 0.3) is 0 Å². The SMILES string of the molecule is N#CC(N)c1ccccc1.N[C@@H](C(=O)O)c1ccccc1. The predicted molar refractivity (Wildman–Crippen MR) is 80.0 cm³/mol. The third-order valence-corrected chi connectivity index (χ3v) is 2.72. The van der Waals surface area contributed by atoms with Gasteiger partial charge in [0, 0.05) is 0 Å². The van der Waals surface area contributed by atoms with Crippen LogP contribution in [-0.2, 0) is 4.79 Å². The Morgan fingerprint density at radius 2 is 1.38 bits per heavy atom. The van der Waals surface area contributed by atoms with E-state index in [1.165, 1.54) is 0 Å². The summed E-state index contributed by atoms with van der Waals surface area (Å²) in [5, 5.41) is 16.9. The van der Waals surface area contributed by atoms with Crippen molar-refractivity contribution in [3.05, 3.63) is 71.8 Å². The zero-order valence-corrected chi connectivity index (χ0v) is 11.4. The fraction of sp³-hybridized carbons (Fsp3) is 0.125. The van der Waals surface area contributed by atoms with E-state index in [9.17, 15) is 4.79 Å². The number of hydrogen-bond acceptors (Lipinski definition) is 4. The quantitative estimate of drug-likeness (QED) is 0.797. The number of nitriles is 1. The van der Waals surface area contributed by atoms with Crippen molar-refractivity contribution >= 4 is 5.97 Å². The minimum Gasteiger partial charge on any atom is -0.480 e. The Morgan fingerprint density at radius 1 is 0.952 bits per heavy atom. The van der Waals surface area contributed by atoms with Crippen molar-refractivity contribution in [1.29, 1.82) is 5.26 Å². The van der Waals surface area contributed by atoms with Crippen molar-refractivity contribution in [3.63, 3.8) is 0 Å². The van der Waals surface area contributed by atoms with Crippen molar-refractivity contribution in [2.45, 2.75) is 12.1 Å². The van der Waals surface area contributed by atoms with E-state index in [0.717, 1.165) is 5.56 Å². The molecule has 0 saturated heterocycles. The zero-order valence-electron chi connectivity index (χ0n) is 11.4. The van der Waals surface area contributed by atoms with Gasteiger partial charge in [0.05, 0.1) is 6.07 Å². The summed E-state index contributed by atoms with van der Waals surface area (Å²) in [5.41, 5.74) is 12.3. The molecule has 0 aliphatic rings. The lowest BCUT2D eigenvalue weighted by molar-refractivity contribution is -0.138. The summed E-state index contributed by atoms with van der Waals surface area (Å²) in [6, 6.07) is 18.6. The number of carboxylic acid groups (broad SMARTS) is 1. The van der Waals surface area contributed by atoms with Crippen molar-refractivity contribution in [1.82, 2.24) is 0 Å². The first-order valence-corrected chi connectivity index (χ1v) is 6.29. The van der Waals surface area contributed by atoms with Gasteiger partial charge in [-0.1, -0.05) is 60.7 Å². The number of nitrogens with two attached hydrogens (primary N) is 2. The van der Waals surface area contributed by atoms with E-state index in [0.29, 0.717) is 5.56 Å². The Balaban J connectivity index is 0.000000211. The third kappa shape index (κ3) is 5.45. The van der Waals surface area contributed by atoms with E-state index in [1.807, 2.05) is 42.5 Å². The molecular formula is C16H17N3O2. The molecule has 5 nitrogen and oxygen atoms in total. The van der Waals surface area contributed by atoms with Crippen LogP contribution in [0, 0.1) is 11.3 Å². The molecule has 2 aromatic rings. The molecule has 0 aliphatic carbocycles. The van der Waals surface area contributed by atoms with Gasteiger partial charge in [-0.2, -0.15) is 5.26 Å². The number of rotatable bonds is 3. The molecule has 0 fully saturated rings.